The molecule has 0 unspecified atom stereocenters. The topological polar surface area (TPSA) is 55.1 Å². The monoisotopic (exact) mass is 209 g/mol. The Kier molecular flexibility index (Phi) is 1.78. The summed E-state index contributed by atoms with van der Waals surface area (Å²) in [5.41, 5.74) is 0. The number of fused-ring (bicyclic) bond motifs is 1. The lowest BCUT2D eigenvalue weighted by molar-refractivity contribution is 0.345. The summed E-state index contributed by atoms with van der Waals surface area (Å²) in [7, 11) is 0. The number of nitrogens with zero attached hydrogens (tertiary/aromatic N) is 4. The first-order chi connectivity index (χ1) is 6.83. The van der Waals surface area contributed by atoms with Crippen LogP contribution in [0.2, 0.25) is 0 Å². The second kappa shape index (κ2) is 2.99. The average molecular weight is 209 g/mol. The van der Waals surface area contributed by atoms with E-state index in [0.29, 0.717) is 0 Å². The molecule has 2 aromatic heterocycles. The van der Waals surface area contributed by atoms with Gasteiger partial charge in [0, 0.05) is 6.42 Å². The van der Waals surface area contributed by atoms with E-state index in [0.717, 1.165) is 36.2 Å². The van der Waals surface area contributed by atoms with E-state index in [1.807, 2.05) is 11.4 Å². The van der Waals surface area contributed by atoms with Gasteiger partial charge in [-0.05, 0) is 25.9 Å². The van der Waals surface area contributed by atoms with Gasteiger partial charge in [-0.15, -0.1) is 10.2 Å². The predicted octanol–water partition coefficient (Wildman–Crippen LogP) is 0.256. The van der Waals surface area contributed by atoms with E-state index in [9.17, 15) is 0 Å². The molecule has 1 saturated heterocycles. The van der Waals surface area contributed by atoms with Crippen molar-refractivity contribution in [2.75, 3.05) is 13.1 Å². The second-order valence-corrected chi connectivity index (χ2v) is 4.71. The summed E-state index contributed by atoms with van der Waals surface area (Å²) in [5.74, 6) is 1.63. The second-order valence-electron chi connectivity index (χ2n) is 3.67. The van der Waals surface area contributed by atoms with Crippen molar-refractivity contribution in [1.82, 2.24) is 25.1 Å². The minimum atomic E-state index is 0.763. The van der Waals surface area contributed by atoms with Crippen molar-refractivity contribution >= 4 is 16.3 Å². The number of rotatable bonds is 2. The molecule has 0 saturated carbocycles. The number of hydrogen-bond acceptors (Lipinski definition) is 5. The number of aryl methyl sites for hydroxylation is 1. The minimum Gasteiger partial charge on any atom is -0.316 e. The zero-order chi connectivity index (χ0) is 9.54. The number of nitrogens with one attached hydrogen (secondary N) is 1. The molecule has 1 N–H and O–H groups in total. The highest BCUT2D eigenvalue weighted by Crippen LogP contribution is 2.18. The van der Waals surface area contributed by atoms with Gasteiger partial charge in [-0.1, -0.05) is 11.3 Å². The molecule has 2 aromatic rings. The zero-order valence-corrected chi connectivity index (χ0v) is 8.71. The Morgan fingerprint density at radius 2 is 2.36 bits per heavy atom. The smallest absolute Gasteiger partial charge is 0.234 e. The fourth-order valence-electron chi connectivity index (χ4n) is 1.58. The van der Waals surface area contributed by atoms with Crippen LogP contribution in [0.25, 0.3) is 4.96 Å². The standard InChI is InChI=1S/C8H11N5S/c1-5-10-11-8-13(5)12-7(14-8)2-6-3-9-4-6/h6,9H,2-4H2,1H3. The van der Waals surface area contributed by atoms with Crippen molar-refractivity contribution in [2.24, 2.45) is 5.92 Å². The van der Waals surface area contributed by atoms with Gasteiger partial charge in [0.2, 0.25) is 4.96 Å². The Bertz CT molecular complexity index is 455. The van der Waals surface area contributed by atoms with E-state index in [4.69, 9.17) is 0 Å². The Morgan fingerprint density at radius 1 is 1.50 bits per heavy atom. The molecule has 1 fully saturated rings. The molecule has 0 radical (unpaired) electrons. The van der Waals surface area contributed by atoms with E-state index in [1.165, 1.54) is 5.01 Å². The summed E-state index contributed by atoms with van der Waals surface area (Å²) in [6.07, 6.45) is 1.07. The lowest BCUT2D eigenvalue weighted by Crippen LogP contribution is -2.43. The largest absolute Gasteiger partial charge is 0.316 e. The van der Waals surface area contributed by atoms with Gasteiger partial charge in [-0.2, -0.15) is 9.61 Å². The van der Waals surface area contributed by atoms with E-state index < -0.39 is 0 Å². The first-order valence-electron chi connectivity index (χ1n) is 4.71. The zero-order valence-electron chi connectivity index (χ0n) is 7.90. The van der Waals surface area contributed by atoms with Crippen LogP contribution < -0.4 is 5.32 Å². The van der Waals surface area contributed by atoms with Crippen molar-refractivity contribution in [3.8, 4) is 0 Å². The van der Waals surface area contributed by atoms with Gasteiger partial charge >= 0.3 is 0 Å². The summed E-state index contributed by atoms with van der Waals surface area (Å²) >= 11 is 1.65. The molecular weight excluding hydrogens is 198 g/mol. The maximum Gasteiger partial charge on any atom is 0.234 e. The van der Waals surface area contributed by atoms with Gasteiger partial charge in [0.1, 0.15) is 5.01 Å². The van der Waals surface area contributed by atoms with Crippen molar-refractivity contribution in [1.29, 1.82) is 0 Å². The van der Waals surface area contributed by atoms with Gasteiger partial charge < -0.3 is 5.32 Å². The van der Waals surface area contributed by atoms with Crippen LogP contribution in [0.4, 0.5) is 0 Å². The molecule has 0 aliphatic carbocycles. The van der Waals surface area contributed by atoms with Crippen LogP contribution >= 0.6 is 11.3 Å². The Balaban J connectivity index is 1.89. The average Bonchev–Trinajstić information content (AvgIpc) is 2.62. The van der Waals surface area contributed by atoms with E-state index in [1.54, 1.807) is 11.3 Å². The minimum absolute atomic E-state index is 0.763. The fourth-order valence-corrected chi connectivity index (χ4v) is 2.57. The molecule has 0 aromatic carbocycles. The normalized spacial score (nSPS) is 17.5. The van der Waals surface area contributed by atoms with Crippen LogP contribution in [-0.4, -0.2) is 32.9 Å². The molecule has 14 heavy (non-hydrogen) atoms. The molecule has 0 atom stereocenters. The van der Waals surface area contributed by atoms with Crippen LogP contribution in [0, 0.1) is 12.8 Å². The molecule has 0 amide bonds. The first-order valence-corrected chi connectivity index (χ1v) is 5.53. The summed E-state index contributed by atoms with van der Waals surface area (Å²) in [4.78, 5) is 0.907. The van der Waals surface area contributed by atoms with Crippen molar-refractivity contribution < 1.29 is 0 Å². The third kappa shape index (κ3) is 1.22. The van der Waals surface area contributed by atoms with Crippen LogP contribution in [0.5, 0.6) is 0 Å². The van der Waals surface area contributed by atoms with Gasteiger partial charge in [-0.3, -0.25) is 0 Å². The molecule has 1 aliphatic rings. The quantitative estimate of drug-likeness (QED) is 0.770. The lowest BCUT2D eigenvalue weighted by atomic mass is 10.0. The van der Waals surface area contributed by atoms with Gasteiger partial charge in [0.15, 0.2) is 5.82 Å². The molecule has 6 heteroatoms. The maximum atomic E-state index is 4.48. The summed E-state index contributed by atoms with van der Waals surface area (Å²) in [5, 5.41) is 16.9. The van der Waals surface area contributed by atoms with E-state index >= 15 is 0 Å². The third-order valence-corrected chi connectivity index (χ3v) is 3.44. The highest BCUT2D eigenvalue weighted by molar-refractivity contribution is 7.16. The molecule has 5 nitrogen and oxygen atoms in total. The van der Waals surface area contributed by atoms with Crippen LogP contribution in [-0.2, 0) is 6.42 Å². The van der Waals surface area contributed by atoms with Crippen molar-refractivity contribution in [3.05, 3.63) is 10.8 Å². The summed E-state index contributed by atoms with van der Waals surface area (Å²) in [6, 6.07) is 0. The molecular formula is C8H11N5S. The molecule has 74 valence electrons. The van der Waals surface area contributed by atoms with Crippen molar-refractivity contribution in [2.45, 2.75) is 13.3 Å². The molecule has 3 rings (SSSR count). The first kappa shape index (κ1) is 8.31. The van der Waals surface area contributed by atoms with E-state index in [2.05, 4.69) is 20.6 Å². The highest BCUT2D eigenvalue weighted by atomic mass is 32.1. The molecule has 1 aliphatic heterocycles. The van der Waals surface area contributed by atoms with Crippen molar-refractivity contribution in [3.63, 3.8) is 0 Å². The van der Waals surface area contributed by atoms with Crippen LogP contribution in [0.15, 0.2) is 0 Å². The summed E-state index contributed by atoms with van der Waals surface area (Å²) < 4.78 is 1.83. The maximum absolute atomic E-state index is 4.48. The third-order valence-electron chi connectivity index (χ3n) is 2.52. The Morgan fingerprint density at radius 3 is 3.00 bits per heavy atom. The van der Waals surface area contributed by atoms with Gasteiger partial charge in [0.25, 0.3) is 0 Å². The molecule has 0 bridgehead atoms. The number of hydrogen-bond donors (Lipinski definition) is 1. The van der Waals surface area contributed by atoms with E-state index in [-0.39, 0.29) is 0 Å². The number of aromatic nitrogens is 4. The van der Waals surface area contributed by atoms with Gasteiger partial charge in [0.05, 0.1) is 0 Å². The summed E-state index contributed by atoms with van der Waals surface area (Å²) in [6.45, 7) is 4.17. The Labute approximate surface area is 85.2 Å². The predicted molar refractivity (Wildman–Crippen MR) is 53.5 cm³/mol. The Hall–Kier alpha value is -1.01. The van der Waals surface area contributed by atoms with Crippen LogP contribution in [0.3, 0.4) is 0 Å². The molecule has 3 heterocycles. The SMILES string of the molecule is Cc1nnc2sc(CC3CNC3)nn12. The van der Waals surface area contributed by atoms with Gasteiger partial charge in [-0.25, -0.2) is 0 Å². The highest BCUT2D eigenvalue weighted by Gasteiger charge is 2.19. The van der Waals surface area contributed by atoms with Crippen LogP contribution in [0.1, 0.15) is 10.8 Å². The lowest BCUT2D eigenvalue weighted by Gasteiger charge is -2.25. The molecule has 0 spiro atoms. The fraction of sp³-hybridized carbons (Fsp3) is 0.625.